The molecule has 1 aromatic carbocycles. The first-order valence-electron chi connectivity index (χ1n) is 10.1. The van der Waals surface area contributed by atoms with Gasteiger partial charge in [-0.25, -0.2) is 0 Å². The quantitative estimate of drug-likeness (QED) is 0.849. The van der Waals surface area contributed by atoms with Crippen LogP contribution < -0.4 is 10.1 Å². The van der Waals surface area contributed by atoms with Gasteiger partial charge >= 0.3 is 0 Å². The van der Waals surface area contributed by atoms with E-state index in [1.54, 1.807) is 7.11 Å². The van der Waals surface area contributed by atoms with Gasteiger partial charge in [0.1, 0.15) is 5.75 Å². The van der Waals surface area contributed by atoms with Crippen molar-refractivity contribution in [2.24, 2.45) is 17.8 Å². The van der Waals surface area contributed by atoms with Gasteiger partial charge < -0.3 is 10.1 Å². The monoisotopic (exact) mass is 362 g/mol. The summed E-state index contributed by atoms with van der Waals surface area (Å²) in [6.45, 7) is 0. The fraction of sp³-hybridized carbons (Fsp3) is 0.478. The maximum absolute atomic E-state index is 12.9. The number of anilines is 1. The number of para-hydroxylation sites is 2. The Bertz CT molecular complexity index is 841. The van der Waals surface area contributed by atoms with Gasteiger partial charge in [-0.05, 0) is 80.5 Å². The minimum Gasteiger partial charge on any atom is -0.495 e. The molecule has 0 aliphatic heterocycles. The third-order valence-corrected chi connectivity index (χ3v) is 6.96. The van der Waals surface area contributed by atoms with E-state index in [0.717, 1.165) is 23.4 Å². The maximum Gasteiger partial charge on any atom is 0.255 e. The summed E-state index contributed by atoms with van der Waals surface area (Å²) in [6, 6.07) is 11.4. The molecule has 0 unspecified atom stereocenters. The van der Waals surface area contributed by atoms with Crippen LogP contribution in [0.25, 0.3) is 0 Å². The van der Waals surface area contributed by atoms with Gasteiger partial charge in [-0.1, -0.05) is 12.1 Å². The lowest BCUT2D eigenvalue weighted by Gasteiger charge is -2.56. The van der Waals surface area contributed by atoms with Gasteiger partial charge in [-0.3, -0.25) is 9.78 Å². The molecule has 1 aromatic heterocycles. The normalized spacial score (nSPS) is 30.9. The number of carbonyl (C=O) groups is 1. The molecule has 1 amide bonds. The molecule has 2 aromatic rings. The molecular formula is C23H26N2O2. The Hall–Kier alpha value is -2.36. The molecule has 4 aliphatic carbocycles. The standard InChI is InChI=1S/C23H26N2O2/c1-27-20-5-3-2-4-19(20)25-22(26)18-6-7-24-21(11-18)23-12-15-8-16(13-23)10-17(9-15)14-23/h2-7,11,15-17H,8-10,12-14H2,1H3,(H,25,26). The first kappa shape index (κ1) is 16.8. The van der Waals surface area contributed by atoms with Gasteiger partial charge in [-0.15, -0.1) is 0 Å². The van der Waals surface area contributed by atoms with Crippen LogP contribution in [0.2, 0.25) is 0 Å². The van der Waals surface area contributed by atoms with Crippen molar-refractivity contribution in [1.29, 1.82) is 0 Å². The number of hydrogen-bond acceptors (Lipinski definition) is 3. The molecule has 0 radical (unpaired) electrons. The lowest BCUT2D eigenvalue weighted by molar-refractivity contribution is -0.00721. The third kappa shape index (κ3) is 2.91. The summed E-state index contributed by atoms with van der Waals surface area (Å²) < 4.78 is 5.34. The Morgan fingerprint density at radius 1 is 1.07 bits per heavy atom. The number of pyridine rings is 1. The number of rotatable bonds is 4. The molecule has 0 saturated heterocycles. The number of methoxy groups -OCH3 is 1. The second-order valence-electron chi connectivity index (χ2n) is 8.78. The predicted molar refractivity (Wildman–Crippen MR) is 105 cm³/mol. The Morgan fingerprint density at radius 3 is 2.41 bits per heavy atom. The first-order valence-corrected chi connectivity index (χ1v) is 10.1. The van der Waals surface area contributed by atoms with E-state index in [9.17, 15) is 4.79 Å². The summed E-state index contributed by atoms with van der Waals surface area (Å²) in [7, 11) is 1.61. The molecule has 4 bridgehead atoms. The molecule has 0 spiro atoms. The highest BCUT2D eigenvalue weighted by Crippen LogP contribution is 2.60. The molecule has 0 atom stereocenters. The van der Waals surface area contributed by atoms with E-state index in [0.29, 0.717) is 17.0 Å². The summed E-state index contributed by atoms with van der Waals surface area (Å²) in [5.41, 5.74) is 2.71. The molecule has 4 saturated carbocycles. The van der Waals surface area contributed by atoms with Crippen LogP contribution in [0.5, 0.6) is 5.75 Å². The zero-order valence-corrected chi connectivity index (χ0v) is 15.8. The van der Waals surface area contributed by atoms with Crippen LogP contribution in [0, 0.1) is 17.8 Å². The molecule has 6 rings (SSSR count). The van der Waals surface area contributed by atoms with E-state index in [2.05, 4.69) is 5.32 Å². The zero-order valence-electron chi connectivity index (χ0n) is 15.8. The second kappa shape index (κ2) is 6.36. The molecular weight excluding hydrogens is 336 g/mol. The van der Waals surface area contributed by atoms with Crippen molar-refractivity contribution in [2.45, 2.75) is 43.9 Å². The predicted octanol–water partition coefficient (Wildman–Crippen LogP) is 4.81. The minimum atomic E-state index is -0.104. The number of nitrogens with one attached hydrogen (secondary N) is 1. The average Bonchev–Trinajstić information content (AvgIpc) is 2.67. The lowest BCUT2D eigenvalue weighted by Crippen LogP contribution is -2.49. The minimum absolute atomic E-state index is 0.104. The van der Waals surface area contributed by atoms with Gasteiger partial charge in [0, 0.05) is 22.9 Å². The Balaban J connectivity index is 1.42. The summed E-state index contributed by atoms with van der Waals surface area (Å²) >= 11 is 0. The van der Waals surface area contributed by atoms with Gasteiger partial charge in [-0.2, -0.15) is 0 Å². The lowest BCUT2D eigenvalue weighted by atomic mass is 9.48. The Kier molecular flexibility index (Phi) is 3.96. The van der Waals surface area contributed by atoms with Crippen LogP contribution in [-0.4, -0.2) is 18.0 Å². The fourth-order valence-corrected chi connectivity index (χ4v) is 6.23. The highest BCUT2D eigenvalue weighted by atomic mass is 16.5. The van der Waals surface area contributed by atoms with Crippen molar-refractivity contribution in [3.05, 3.63) is 53.9 Å². The van der Waals surface area contributed by atoms with Crippen molar-refractivity contribution in [1.82, 2.24) is 4.98 Å². The summed E-state index contributed by atoms with van der Waals surface area (Å²) in [6.07, 6.45) is 9.80. The van der Waals surface area contributed by atoms with Crippen molar-refractivity contribution in [3.63, 3.8) is 0 Å². The summed E-state index contributed by atoms with van der Waals surface area (Å²) in [4.78, 5) is 17.6. The van der Waals surface area contributed by atoms with E-state index in [1.165, 1.54) is 38.5 Å². The van der Waals surface area contributed by atoms with Crippen molar-refractivity contribution in [2.75, 3.05) is 12.4 Å². The SMILES string of the molecule is COc1ccccc1NC(=O)c1ccnc(C23CC4CC(CC(C4)C2)C3)c1. The van der Waals surface area contributed by atoms with Crippen molar-refractivity contribution in [3.8, 4) is 5.75 Å². The number of amides is 1. The van der Waals surface area contributed by atoms with E-state index in [-0.39, 0.29) is 11.3 Å². The summed E-state index contributed by atoms with van der Waals surface area (Å²) in [5.74, 6) is 3.16. The van der Waals surface area contributed by atoms with Crippen LogP contribution >= 0.6 is 0 Å². The molecule has 1 N–H and O–H groups in total. The van der Waals surface area contributed by atoms with Crippen LogP contribution in [0.4, 0.5) is 5.69 Å². The highest BCUT2D eigenvalue weighted by Gasteiger charge is 2.52. The Morgan fingerprint density at radius 2 is 1.74 bits per heavy atom. The highest BCUT2D eigenvalue weighted by molar-refractivity contribution is 6.05. The van der Waals surface area contributed by atoms with E-state index < -0.39 is 0 Å². The van der Waals surface area contributed by atoms with Gasteiger partial charge in [0.25, 0.3) is 5.91 Å². The number of carbonyl (C=O) groups excluding carboxylic acids is 1. The topological polar surface area (TPSA) is 51.2 Å². The van der Waals surface area contributed by atoms with Crippen LogP contribution in [0.3, 0.4) is 0 Å². The fourth-order valence-electron chi connectivity index (χ4n) is 6.23. The molecule has 140 valence electrons. The molecule has 4 fully saturated rings. The Labute approximate surface area is 160 Å². The molecule has 1 heterocycles. The van der Waals surface area contributed by atoms with Crippen LogP contribution in [0.1, 0.15) is 54.6 Å². The number of ether oxygens (including phenoxy) is 1. The number of aromatic nitrogens is 1. The number of benzene rings is 1. The molecule has 4 aliphatic rings. The van der Waals surface area contributed by atoms with Crippen LogP contribution in [0.15, 0.2) is 42.6 Å². The van der Waals surface area contributed by atoms with E-state index in [4.69, 9.17) is 9.72 Å². The molecule has 4 heteroatoms. The molecule has 27 heavy (non-hydrogen) atoms. The molecule has 4 nitrogen and oxygen atoms in total. The smallest absolute Gasteiger partial charge is 0.255 e. The second-order valence-corrected chi connectivity index (χ2v) is 8.78. The maximum atomic E-state index is 12.9. The van der Waals surface area contributed by atoms with Crippen molar-refractivity contribution < 1.29 is 9.53 Å². The average molecular weight is 362 g/mol. The van der Waals surface area contributed by atoms with Gasteiger partial charge in [0.15, 0.2) is 0 Å². The van der Waals surface area contributed by atoms with Crippen molar-refractivity contribution >= 4 is 11.6 Å². The zero-order chi connectivity index (χ0) is 18.4. The van der Waals surface area contributed by atoms with Gasteiger partial charge in [0.2, 0.25) is 0 Å². The van der Waals surface area contributed by atoms with Crippen LogP contribution in [-0.2, 0) is 5.41 Å². The first-order chi connectivity index (χ1) is 13.1. The third-order valence-electron chi connectivity index (χ3n) is 6.96. The number of nitrogens with zero attached hydrogens (tertiary/aromatic N) is 1. The van der Waals surface area contributed by atoms with E-state index >= 15 is 0 Å². The summed E-state index contributed by atoms with van der Waals surface area (Å²) in [5, 5.41) is 2.99. The van der Waals surface area contributed by atoms with E-state index in [1.807, 2.05) is 42.6 Å². The largest absolute Gasteiger partial charge is 0.495 e. The van der Waals surface area contributed by atoms with Gasteiger partial charge in [0.05, 0.1) is 12.8 Å². The number of hydrogen-bond donors (Lipinski definition) is 1.